The van der Waals surface area contributed by atoms with Crippen LogP contribution in [-0.2, 0) is 16.1 Å². The molecule has 2 heterocycles. The summed E-state index contributed by atoms with van der Waals surface area (Å²) in [6.45, 7) is 4.23. The van der Waals surface area contributed by atoms with Crippen molar-refractivity contribution in [3.63, 3.8) is 0 Å². The van der Waals surface area contributed by atoms with E-state index in [2.05, 4.69) is 5.32 Å². The normalized spacial score (nSPS) is 11.3. The molecule has 0 unspecified atom stereocenters. The Morgan fingerprint density at radius 3 is 2.83 bits per heavy atom. The van der Waals surface area contributed by atoms with Gasteiger partial charge in [-0.05, 0) is 36.4 Å². The van der Waals surface area contributed by atoms with Gasteiger partial charge in [0.2, 0.25) is 0 Å². The van der Waals surface area contributed by atoms with Gasteiger partial charge in [-0.2, -0.15) is 10.4 Å². The molecule has 1 amide bonds. The molecule has 0 saturated heterocycles. The second-order valence-electron chi connectivity index (χ2n) is 6.57. The molecule has 7 heteroatoms. The molecule has 0 spiro atoms. The summed E-state index contributed by atoms with van der Waals surface area (Å²) in [6.07, 6.45) is 4.19. The van der Waals surface area contributed by atoms with Crippen LogP contribution in [0.15, 0.2) is 59.6 Å². The molecular weight excluding hydrogens is 396 g/mol. The molecule has 154 valence electrons. The average molecular weight is 421 g/mol. The minimum absolute atomic E-state index is 0.0588. The number of carbonyl (C=O) groups excluding carboxylic acids is 1. The number of aromatic nitrogens is 2. The van der Waals surface area contributed by atoms with Crippen LogP contribution in [0.25, 0.3) is 16.6 Å². The van der Waals surface area contributed by atoms with Crippen molar-refractivity contribution in [3.05, 3.63) is 70.7 Å². The van der Waals surface area contributed by atoms with Gasteiger partial charge >= 0.3 is 0 Å². The number of rotatable bonds is 10. The third-order valence-electron chi connectivity index (χ3n) is 4.35. The summed E-state index contributed by atoms with van der Waals surface area (Å²) in [5.74, 6) is -0.387. The van der Waals surface area contributed by atoms with Crippen molar-refractivity contribution < 1.29 is 9.53 Å². The van der Waals surface area contributed by atoms with E-state index in [4.69, 9.17) is 9.84 Å². The second-order valence-corrected chi connectivity index (χ2v) is 7.52. The fourth-order valence-corrected chi connectivity index (χ4v) is 3.65. The monoisotopic (exact) mass is 420 g/mol. The van der Waals surface area contributed by atoms with Crippen LogP contribution < -0.4 is 5.32 Å². The van der Waals surface area contributed by atoms with Gasteiger partial charge in [-0.15, -0.1) is 11.3 Å². The number of thiophene rings is 1. The van der Waals surface area contributed by atoms with Crippen LogP contribution in [0.5, 0.6) is 0 Å². The number of hydrogen-bond acceptors (Lipinski definition) is 5. The maximum absolute atomic E-state index is 12.4. The lowest BCUT2D eigenvalue weighted by atomic mass is 10.1. The van der Waals surface area contributed by atoms with Gasteiger partial charge in [0.15, 0.2) is 0 Å². The Morgan fingerprint density at radius 1 is 1.30 bits per heavy atom. The Balaban J connectivity index is 1.81. The van der Waals surface area contributed by atoms with Crippen LogP contribution in [0.4, 0.5) is 0 Å². The first-order valence-electron chi connectivity index (χ1n) is 9.84. The van der Waals surface area contributed by atoms with Crippen molar-refractivity contribution in [2.75, 3.05) is 19.8 Å². The zero-order valence-electron chi connectivity index (χ0n) is 16.9. The van der Waals surface area contributed by atoms with E-state index < -0.39 is 0 Å². The van der Waals surface area contributed by atoms with Gasteiger partial charge in [0.05, 0.1) is 11.4 Å². The minimum atomic E-state index is -0.387. The van der Waals surface area contributed by atoms with Gasteiger partial charge in [-0.1, -0.05) is 36.4 Å². The van der Waals surface area contributed by atoms with Crippen molar-refractivity contribution in [3.8, 4) is 16.6 Å². The van der Waals surface area contributed by atoms with Crippen LogP contribution in [0.1, 0.15) is 24.5 Å². The number of amides is 1. The third kappa shape index (κ3) is 5.89. The summed E-state index contributed by atoms with van der Waals surface area (Å²) < 4.78 is 7.10. The highest BCUT2D eigenvalue weighted by atomic mass is 32.1. The molecule has 3 aromatic rings. The number of ether oxygens (including phenoxy) is 1. The summed E-state index contributed by atoms with van der Waals surface area (Å²) >= 11 is 1.57. The number of nitrogens with zero attached hydrogens (tertiary/aromatic N) is 3. The van der Waals surface area contributed by atoms with E-state index in [1.807, 2.05) is 71.7 Å². The lowest BCUT2D eigenvalue weighted by Crippen LogP contribution is -2.26. The number of benzene rings is 1. The Labute approximate surface area is 180 Å². The highest BCUT2D eigenvalue weighted by Gasteiger charge is 2.15. The first-order chi connectivity index (χ1) is 14.7. The van der Waals surface area contributed by atoms with Gasteiger partial charge in [-0.25, -0.2) is 0 Å². The van der Waals surface area contributed by atoms with Gasteiger partial charge in [0.1, 0.15) is 17.3 Å². The number of hydrogen-bond donors (Lipinski definition) is 1. The van der Waals surface area contributed by atoms with Crippen LogP contribution in [0.2, 0.25) is 0 Å². The molecule has 30 heavy (non-hydrogen) atoms. The van der Waals surface area contributed by atoms with Crippen molar-refractivity contribution in [2.24, 2.45) is 0 Å². The average Bonchev–Trinajstić information content (AvgIpc) is 3.42. The quantitative estimate of drug-likeness (QED) is 0.304. The molecule has 1 aromatic carbocycles. The first-order valence-corrected chi connectivity index (χ1v) is 10.7. The standard InChI is InChI=1S/C23H24N4O2S/c1-2-29-12-7-11-25-23(28)19(15-24)14-20-17-27(16-18-8-4-3-5-9-18)26-22(20)21-10-6-13-30-21/h3-6,8-10,13-14,17H,2,7,11-12,16H2,1H3,(H,25,28)/b19-14-. The van der Waals surface area contributed by atoms with E-state index in [0.29, 0.717) is 32.7 Å². The highest BCUT2D eigenvalue weighted by molar-refractivity contribution is 7.13. The van der Waals surface area contributed by atoms with Gasteiger partial charge in [0, 0.05) is 31.5 Å². The molecule has 6 nitrogen and oxygen atoms in total. The smallest absolute Gasteiger partial charge is 0.261 e. The van der Waals surface area contributed by atoms with Crippen LogP contribution in [-0.4, -0.2) is 35.4 Å². The summed E-state index contributed by atoms with van der Waals surface area (Å²) in [7, 11) is 0. The molecule has 1 N–H and O–H groups in total. The summed E-state index contributed by atoms with van der Waals surface area (Å²) in [5, 5.41) is 19.0. The van der Waals surface area contributed by atoms with Gasteiger partial charge in [0.25, 0.3) is 5.91 Å². The van der Waals surface area contributed by atoms with Crippen molar-refractivity contribution >= 4 is 23.3 Å². The maximum atomic E-state index is 12.4. The molecule has 0 fully saturated rings. The largest absolute Gasteiger partial charge is 0.382 e. The van der Waals surface area contributed by atoms with Crippen molar-refractivity contribution in [1.82, 2.24) is 15.1 Å². The van der Waals surface area contributed by atoms with E-state index in [9.17, 15) is 10.1 Å². The van der Waals surface area contributed by atoms with Crippen LogP contribution in [0, 0.1) is 11.3 Å². The molecule has 0 saturated carbocycles. The Kier molecular flexibility index (Phi) is 7.95. The number of nitrogens with one attached hydrogen (secondary N) is 1. The Morgan fingerprint density at radius 2 is 2.13 bits per heavy atom. The summed E-state index contributed by atoms with van der Waals surface area (Å²) in [5.41, 5.74) is 2.69. The number of carbonyl (C=O) groups is 1. The van der Waals surface area contributed by atoms with E-state index in [1.165, 1.54) is 0 Å². The fraction of sp³-hybridized carbons (Fsp3) is 0.261. The predicted molar refractivity (Wildman–Crippen MR) is 119 cm³/mol. The maximum Gasteiger partial charge on any atom is 0.261 e. The lowest BCUT2D eigenvalue weighted by Gasteiger charge is -2.04. The van der Waals surface area contributed by atoms with Gasteiger partial charge < -0.3 is 10.1 Å². The highest BCUT2D eigenvalue weighted by Crippen LogP contribution is 2.28. The van der Waals surface area contributed by atoms with Crippen LogP contribution in [0.3, 0.4) is 0 Å². The molecule has 3 rings (SSSR count). The summed E-state index contributed by atoms with van der Waals surface area (Å²) in [6, 6.07) is 16.0. The SMILES string of the molecule is CCOCCCNC(=O)/C(C#N)=C\c1cn(Cc2ccccc2)nc1-c1cccs1. The van der Waals surface area contributed by atoms with Crippen molar-refractivity contribution in [2.45, 2.75) is 19.9 Å². The predicted octanol–water partition coefficient (Wildman–Crippen LogP) is 4.11. The fourth-order valence-electron chi connectivity index (χ4n) is 2.92. The molecule has 0 bridgehead atoms. The van der Waals surface area contributed by atoms with E-state index in [-0.39, 0.29) is 11.5 Å². The Hall–Kier alpha value is -3.21. The molecule has 2 aromatic heterocycles. The summed E-state index contributed by atoms with van der Waals surface area (Å²) in [4.78, 5) is 13.4. The van der Waals surface area contributed by atoms with Gasteiger partial charge in [-0.3, -0.25) is 9.48 Å². The molecule has 0 atom stereocenters. The van der Waals surface area contributed by atoms with Crippen molar-refractivity contribution in [1.29, 1.82) is 5.26 Å². The first kappa shape index (κ1) is 21.5. The molecule has 0 aliphatic rings. The zero-order valence-corrected chi connectivity index (χ0v) is 17.7. The molecule has 0 aliphatic heterocycles. The third-order valence-corrected chi connectivity index (χ3v) is 5.23. The molecular formula is C23H24N4O2S. The van der Waals surface area contributed by atoms with E-state index in [0.717, 1.165) is 21.7 Å². The van der Waals surface area contributed by atoms with Crippen LogP contribution >= 0.6 is 11.3 Å². The lowest BCUT2D eigenvalue weighted by molar-refractivity contribution is -0.117. The molecule has 0 radical (unpaired) electrons. The Bertz CT molecular complexity index is 1020. The van der Waals surface area contributed by atoms with E-state index in [1.54, 1.807) is 17.4 Å². The zero-order chi connectivity index (χ0) is 21.2. The minimum Gasteiger partial charge on any atom is -0.382 e. The molecule has 0 aliphatic carbocycles. The number of nitriles is 1. The topological polar surface area (TPSA) is 79.9 Å². The second kappa shape index (κ2) is 11.1. The van der Waals surface area contributed by atoms with E-state index >= 15 is 0 Å².